The third-order valence-corrected chi connectivity index (χ3v) is 3.39. The first-order valence-electron chi connectivity index (χ1n) is 6.78. The first-order valence-corrected chi connectivity index (χ1v) is 6.78. The molecule has 1 aliphatic rings. The summed E-state index contributed by atoms with van der Waals surface area (Å²) in [6.45, 7) is 5.80. The van der Waals surface area contributed by atoms with E-state index in [1.165, 1.54) is 13.2 Å². The molecular formula is C15H22FNO2. The summed E-state index contributed by atoms with van der Waals surface area (Å²) in [4.78, 5) is 0. The molecule has 0 spiro atoms. The van der Waals surface area contributed by atoms with Gasteiger partial charge in [0.15, 0.2) is 11.6 Å². The number of halogens is 1. The maximum atomic E-state index is 13.7. The second-order valence-corrected chi connectivity index (χ2v) is 5.45. The fourth-order valence-corrected chi connectivity index (χ4v) is 2.44. The molecule has 1 fully saturated rings. The van der Waals surface area contributed by atoms with Crippen LogP contribution in [0.25, 0.3) is 0 Å². The summed E-state index contributed by atoms with van der Waals surface area (Å²) in [7, 11) is 1.47. The van der Waals surface area contributed by atoms with Gasteiger partial charge in [0, 0.05) is 12.6 Å². The summed E-state index contributed by atoms with van der Waals surface area (Å²) < 4.78 is 24.4. The van der Waals surface area contributed by atoms with E-state index in [4.69, 9.17) is 9.47 Å². The topological polar surface area (TPSA) is 30.5 Å². The minimum atomic E-state index is -0.340. The molecule has 4 heteroatoms. The number of methoxy groups -OCH3 is 1. The van der Waals surface area contributed by atoms with E-state index >= 15 is 0 Å². The fourth-order valence-electron chi connectivity index (χ4n) is 2.44. The van der Waals surface area contributed by atoms with E-state index in [1.807, 2.05) is 6.07 Å². The first-order chi connectivity index (χ1) is 9.10. The van der Waals surface area contributed by atoms with Crippen LogP contribution in [0.1, 0.15) is 31.9 Å². The lowest BCUT2D eigenvalue weighted by atomic mass is 10.0. The van der Waals surface area contributed by atoms with Gasteiger partial charge in [-0.3, -0.25) is 0 Å². The van der Waals surface area contributed by atoms with Crippen molar-refractivity contribution in [2.24, 2.45) is 5.92 Å². The molecule has 2 rings (SSSR count). The zero-order valence-electron chi connectivity index (χ0n) is 11.8. The molecule has 0 bridgehead atoms. The Morgan fingerprint density at radius 1 is 1.47 bits per heavy atom. The summed E-state index contributed by atoms with van der Waals surface area (Å²) in [6.07, 6.45) is 1.02. The highest BCUT2D eigenvalue weighted by molar-refractivity contribution is 5.30. The molecule has 0 saturated carbocycles. The number of hydrogen-bond donors (Lipinski definition) is 1. The SMILES string of the molecule is COc1ccc(C2CNC(CC(C)C)CO2)cc1F. The normalized spacial score (nSPS) is 23.6. The maximum absolute atomic E-state index is 13.7. The van der Waals surface area contributed by atoms with Gasteiger partial charge in [-0.25, -0.2) is 4.39 Å². The van der Waals surface area contributed by atoms with Gasteiger partial charge in [-0.1, -0.05) is 19.9 Å². The van der Waals surface area contributed by atoms with Gasteiger partial charge in [-0.15, -0.1) is 0 Å². The van der Waals surface area contributed by atoms with Crippen LogP contribution in [-0.2, 0) is 4.74 Å². The van der Waals surface area contributed by atoms with Crippen molar-refractivity contribution in [1.82, 2.24) is 5.32 Å². The van der Waals surface area contributed by atoms with Crippen molar-refractivity contribution in [3.05, 3.63) is 29.6 Å². The van der Waals surface area contributed by atoms with Gasteiger partial charge >= 0.3 is 0 Å². The smallest absolute Gasteiger partial charge is 0.165 e. The molecule has 1 aromatic rings. The molecule has 0 radical (unpaired) electrons. The zero-order chi connectivity index (χ0) is 13.8. The van der Waals surface area contributed by atoms with Crippen LogP contribution in [0.2, 0.25) is 0 Å². The molecule has 1 heterocycles. The average Bonchev–Trinajstić information content (AvgIpc) is 2.39. The predicted molar refractivity (Wildman–Crippen MR) is 72.9 cm³/mol. The lowest BCUT2D eigenvalue weighted by Crippen LogP contribution is -2.43. The molecule has 3 nitrogen and oxygen atoms in total. The molecule has 1 saturated heterocycles. The Morgan fingerprint density at radius 2 is 2.26 bits per heavy atom. The summed E-state index contributed by atoms with van der Waals surface area (Å²) in [5.41, 5.74) is 0.855. The van der Waals surface area contributed by atoms with Crippen LogP contribution in [0.5, 0.6) is 5.75 Å². The second kappa shape index (κ2) is 6.35. The highest BCUT2D eigenvalue weighted by Gasteiger charge is 2.23. The molecule has 2 unspecified atom stereocenters. The number of morpholine rings is 1. The van der Waals surface area contributed by atoms with Crippen LogP contribution in [0.4, 0.5) is 4.39 Å². The number of benzene rings is 1. The Labute approximate surface area is 114 Å². The molecule has 1 N–H and O–H groups in total. The van der Waals surface area contributed by atoms with Crippen LogP contribution in [0.15, 0.2) is 18.2 Å². The highest BCUT2D eigenvalue weighted by atomic mass is 19.1. The molecule has 1 aliphatic heterocycles. The van der Waals surface area contributed by atoms with E-state index in [0.29, 0.717) is 18.6 Å². The van der Waals surface area contributed by atoms with Crippen molar-refractivity contribution >= 4 is 0 Å². The fraction of sp³-hybridized carbons (Fsp3) is 0.600. The monoisotopic (exact) mass is 267 g/mol. The Hall–Kier alpha value is -1.13. The van der Waals surface area contributed by atoms with E-state index in [0.717, 1.165) is 18.5 Å². The number of hydrogen-bond acceptors (Lipinski definition) is 3. The van der Waals surface area contributed by atoms with Crippen LogP contribution in [0.3, 0.4) is 0 Å². The van der Waals surface area contributed by atoms with E-state index in [9.17, 15) is 4.39 Å². The molecule has 0 aliphatic carbocycles. The van der Waals surface area contributed by atoms with Crippen LogP contribution in [0, 0.1) is 11.7 Å². The van der Waals surface area contributed by atoms with Crippen molar-refractivity contribution < 1.29 is 13.9 Å². The standard InChI is InChI=1S/C15H22FNO2/c1-10(2)6-12-9-19-15(8-17-12)11-4-5-14(18-3)13(16)7-11/h4-5,7,10,12,15,17H,6,8-9H2,1-3H3. The largest absolute Gasteiger partial charge is 0.494 e. The molecule has 106 valence electrons. The lowest BCUT2D eigenvalue weighted by Gasteiger charge is -2.31. The van der Waals surface area contributed by atoms with Crippen molar-refractivity contribution in [2.75, 3.05) is 20.3 Å². The van der Waals surface area contributed by atoms with Gasteiger partial charge in [-0.05, 0) is 30.0 Å². The average molecular weight is 267 g/mol. The van der Waals surface area contributed by atoms with Crippen molar-refractivity contribution in [2.45, 2.75) is 32.4 Å². The van der Waals surface area contributed by atoms with Crippen LogP contribution < -0.4 is 10.1 Å². The van der Waals surface area contributed by atoms with E-state index < -0.39 is 0 Å². The lowest BCUT2D eigenvalue weighted by molar-refractivity contribution is -0.00148. The number of rotatable bonds is 4. The molecular weight excluding hydrogens is 245 g/mol. The molecule has 1 aromatic carbocycles. The quantitative estimate of drug-likeness (QED) is 0.910. The van der Waals surface area contributed by atoms with Crippen LogP contribution in [-0.4, -0.2) is 26.3 Å². The minimum Gasteiger partial charge on any atom is -0.494 e. The second-order valence-electron chi connectivity index (χ2n) is 5.45. The van der Waals surface area contributed by atoms with Gasteiger partial charge in [-0.2, -0.15) is 0 Å². The number of ether oxygens (including phenoxy) is 2. The predicted octanol–water partition coefficient (Wildman–Crippen LogP) is 2.91. The van der Waals surface area contributed by atoms with E-state index in [-0.39, 0.29) is 17.7 Å². The number of nitrogens with one attached hydrogen (secondary N) is 1. The molecule has 19 heavy (non-hydrogen) atoms. The van der Waals surface area contributed by atoms with Gasteiger partial charge in [0.2, 0.25) is 0 Å². The third kappa shape index (κ3) is 3.67. The van der Waals surface area contributed by atoms with E-state index in [2.05, 4.69) is 19.2 Å². The zero-order valence-corrected chi connectivity index (χ0v) is 11.8. The van der Waals surface area contributed by atoms with Crippen LogP contribution >= 0.6 is 0 Å². The van der Waals surface area contributed by atoms with Crippen molar-refractivity contribution in [1.29, 1.82) is 0 Å². The summed E-state index contributed by atoms with van der Waals surface area (Å²) >= 11 is 0. The highest BCUT2D eigenvalue weighted by Crippen LogP contribution is 2.26. The Bertz CT molecular complexity index is 415. The summed E-state index contributed by atoms with van der Waals surface area (Å²) in [5.74, 6) is 0.578. The van der Waals surface area contributed by atoms with E-state index in [1.54, 1.807) is 6.07 Å². The van der Waals surface area contributed by atoms with Crippen molar-refractivity contribution in [3.63, 3.8) is 0 Å². The van der Waals surface area contributed by atoms with Gasteiger partial charge in [0.25, 0.3) is 0 Å². The molecule has 0 amide bonds. The molecule has 0 aromatic heterocycles. The first kappa shape index (κ1) is 14.3. The Kier molecular flexibility index (Phi) is 4.77. The summed E-state index contributed by atoms with van der Waals surface area (Å²) in [5, 5.41) is 3.47. The third-order valence-electron chi connectivity index (χ3n) is 3.39. The van der Waals surface area contributed by atoms with Gasteiger partial charge < -0.3 is 14.8 Å². The Morgan fingerprint density at radius 3 is 2.79 bits per heavy atom. The molecule has 2 atom stereocenters. The van der Waals surface area contributed by atoms with Crippen molar-refractivity contribution in [3.8, 4) is 5.75 Å². The summed E-state index contributed by atoms with van der Waals surface area (Å²) in [6, 6.07) is 5.40. The minimum absolute atomic E-state index is 0.0798. The van der Waals surface area contributed by atoms with Gasteiger partial charge in [0.05, 0.1) is 19.8 Å². The maximum Gasteiger partial charge on any atom is 0.165 e. The Balaban J connectivity index is 1.96. The van der Waals surface area contributed by atoms with Gasteiger partial charge in [0.1, 0.15) is 0 Å².